The first-order valence-electron chi connectivity index (χ1n) is 5.65. The van der Waals surface area contributed by atoms with Crippen LogP contribution in [0.3, 0.4) is 0 Å². The fourth-order valence-electron chi connectivity index (χ4n) is 1.80. The molecule has 0 bridgehead atoms. The highest BCUT2D eigenvalue weighted by Crippen LogP contribution is 2.19. The SMILES string of the molecule is NC1CCCCCC1OC(=O)NCC(F)(F)F. The van der Waals surface area contributed by atoms with E-state index < -0.39 is 24.9 Å². The number of carbonyl (C=O) groups is 1. The molecule has 0 aromatic heterocycles. The molecule has 0 radical (unpaired) electrons. The molecule has 0 spiro atoms. The molecule has 0 saturated heterocycles. The Bertz CT molecular complexity index is 258. The zero-order valence-electron chi connectivity index (χ0n) is 9.43. The molecule has 17 heavy (non-hydrogen) atoms. The smallest absolute Gasteiger partial charge is 0.407 e. The first-order chi connectivity index (χ1) is 7.88. The molecule has 0 heterocycles. The molecule has 2 atom stereocenters. The number of alkyl halides is 3. The number of ether oxygens (including phenoxy) is 1. The van der Waals surface area contributed by atoms with Crippen LogP contribution in [0.4, 0.5) is 18.0 Å². The highest BCUT2D eigenvalue weighted by atomic mass is 19.4. The van der Waals surface area contributed by atoms with Gasteiger partial charge in [0.2, 0.25) is 0 Å². The van der Waals surface area contributed by atoms with Crippen LogP contribution in [0.2, 0.25) is 0 Å². The lowest BCUT2D eigenvalue weighted by molar-refractivity contribution is -0.124. The van der Waals surface area contributed by atoms with Crippen molar-refractivity contribution in [1.82, 2.24) is 5.32 Å². The molecule has 1 aliphatic carbocycles. The van der Waals surface area contributed by atoms with Crippen molar-refractivity contribution in [1.29, 1.82) is 0 Å². The summed E-state index contributed by atoms with van der Waals surface area (Å²) in [7, 11) is 0. The maximum Gasteiger partial charge on any atom is 0.407 e. The normalized spacial score (nSPS) is 26.1. The summed E-state index contributed by atoms with van der Waals surface area (Å²) in [5, 5.41) is 1.67. The predicted molar refractivity (Wildman–Crippen MR) is 55.4 cm³/mol. The van der Waals surface area contributed by atoms with Crippen molar-refractivity contribution in [3.63, 3.8) is 0 Å². The molecule has 2 unspecified atom stereocenters. The Kier molecular flexibility index (Phi) is 5.04. The second-order valence-electron chi connectivity index (χ2n) is 4.21. The van der Waals surface area contributed by atoms with Gasteiger partial charge in [-0.15, -0.1) is 0 Å². The largest absolute Gasteiger partial charge is 0.445 e. The Balaban J connectivity index is 2.33. The van der Waals surface area contributed by atoms with E-state index in [-0.39, 0.29) is 6.04 Å². The lowest BCUT2D eigenvalue weighted by Gasteiger charge is -2.21. The molecule has 0 aromatic rings. The molecule has 1 saturated carbocycles. The van der Waals surface area contributed by atoms with Gasteiger partial charge in [-0.05, 0) is 19.3 Å². The van der Waals surface area contributed by atoms with Crippen molar-refractivity contribution in [3.8, 4) is 0 Å². The molecule has 7 heteroatoms. The predicted octanol–water partition coefficient (Wildman–Crippen LogP) is 1.93. The van der Waals surface area contributed by atoms with Crippen LogP contribution in [0.5, 0.6) is 0 Å². The highest BCUT2D eigenvalue weighted by Gasteiger charge is 2.29. The number of halogens is 3. The quantitative estimate of drug-likeness (QED) is 0.740. The second-order valence-corrected chi connectivity index (χ2v) is 4.21. The third-order valence-electron chi connectivity index (χ3n) is 2.70. The zero-order chi connectivity index (χ0) is 12.9. The van der Waals surface area contributed by atoms with Crippen molar-refractivity contribution in [3.05, 3.63) is 0 Å². The van der Waals surface area contributed by atoms with E-state index in [1.807, 2.05) is 0 Å². The van der Waals surface area contributed by atoms with E-state index in [2.05, 4.69) is 0 Å². The lowest BCUT2D eigenvalue weighted by Crippen LogP contribution is -2.42. The molecule has 0 aromatic carbocycles. The first-order valence-corrected chi connectivity index (χ1v) is 5.65. The van der Waals surface area contributed by atoms with Crippen LogP contribution in [0, 0.1) is 0 Å². The number of hydrogen-bond donors (Lipinski definition) is 2. The minimum absolute atomic E-state index is 0.283. The molecule has 1 fully saturated rings. The van der Waals surface area contributed by atoms with Gasteiger partial charge in [-0.1, -0.05) is 12.8 Å². The van der Waals surface area contributed by atoms with Crippen LogP contribution < -0.4 is 11.1 Å². The number of nitrogens with two attached hydrogens (primary N) is 1. The van der Waals surface area contributed by atoms with E-state index in [1.54, 1.807) is 5.32 Å². The maximum atomic E-state index is 11.8. The Morgan fingerprint density at radius 2 is 1.94 bits per heavy atom. The Morgan fingerprint density at radius 3 is 2.59 bits per heavy atom. The van der Waals surface area contributed by atoms with Crippen LogP contribution >= 0.6 is 0 Å². The van der Waals surface area contributed by atoms with Crippen LogP contribution in [0.1, 0.15) is 32.1 Å². The summed E-state index contributed by atoms with van der Waals surface area (Å²) in [6, 6.07) is -0.283. The number of alkyl carbamates (subject to hydrolysis) is 1. The van der Waals surface area contributed by atoms with Crippen molar-refractivity contribution in [2.24, 2.45) is 5.73 Å². The van der Waals surface area contributed by atoms with Crippen molar-refractivity contribution >= 4 is 6.09 Å². The Labute approximate surface area is 97.7 Å². The van der Waals surface area contributed by atoms with E-state index in [0.717, 1.165) is 25.7 Å². The summed E-state index contributed by atoms with van der Waals surface area (Å²) < 4.78 is 40.4. The molecule has 1 rings (SSSR count). The first kappa shape index (κ1) is 14.1. The van der Waals surface area contributed by atoms with Gasteiger partial charge >= 0.3 is 12.3 Å². The van der Waals surface area contributed by atoms with Gasteiger partial charge < -0.3 is 15.8 Å². The molecule has 100 valence electrons. The fourth-order valence-corrected chi connectivity index (χ4v) is 1.80. The maximum absolute atomic E-state index is 11.8. The topological polar surface area (TPSA) is 64.3 Å². The minimum Gasteiger partial charge on any atom is -0.445 e. The molecule has 1 amide bonds. The van der Waals surface area contributed by atoms with Crippen LogP contribution in [0.15, 0.2) is 0 Å². The van der Waals surface area contributed by atoms with E-state index >= 15 is 0 Å². The summed E-state index contributed by atoms with van der Waals surface area (Å²) in [4.78, 5) is 11.1. The molecule has 1 aliphatic rings. The fraction of sp³-hybridized carbons (Fsp3) is 0.900. The van der Waals surface area contributed by atoms with Gasteiger partial charge in [-0.25, -0.2) is 4.79 Å². The van der Waals surface area contributed by atoms with Gasteiger partial charge in [-0.2, -0.15) is 13.2 Å². The number of hydrogen-bond acceptors (Lipinski definition) is 3. The Hall–Kier alpha value is -0.980. The number of rotatable bonds is 2. The number of nitrogens with one attached hydrogen (secondary N) is 1. The van der Waals surface area contributed by atoms with Gasteiger partial charge in [0, 0.05) is 6.04 Å². The summed E-state index contributed by atoms with van der Waals surface area (Å²) >= 11 is 0. The van der Waals surface area contributed by atoms with Crippen LogP contribution in [-0.4, -0.2) is 31.0 Å². The third-order valence-corrected chi connectivity index (χ3v) is 2.70. The standard InChI is InChI=1S/C10H17F3N2O2/c11-10(12,13)6-15-9(16)17-8-5-3-1-2-4-7(8)14/h7-8H,1-6,14H2,(H,15,16). The van der Waals surface area contributed by atoms with Crippen molar-refractivity contribution in [2.75, 3.05) is 6.54 Å². The number of amides is 1. The highest BCUT2D eigenvalue weighted by molar-refractivity contribution is 5.67. The molecular formula is C10H17F3N2O2. The molecular weight excluding hydrogens is 237 g/mol. The van der Waals surface area contributed by atoms with Crippen LogP contribution in [0.25, 0.3) is 0 Å². The minimum atomic E-state index is -4.43. The van der Waals surface area contributed by atoms with Gasteiger partial charge in [0.05, 0.1) is 0 Å². The van der Waals surface area contributed by atoms with E-state index in [4.69, 9.17) is 10.5 Å². The van der Waals surface area contributed by atoms with Gasteiger partial charge in [-0.3, -0.25) is 0 Å². The van der Waals surface area contributed by atoms with E-state index in [0.29, 0.717) is 6.42 Å². The number of carbonyl (C=O) groups excluding carboxylic acids is 1. The van der Waals surface area contributed by atoms with Crippen molar-refractivity contribution in [2.45, 2.75) is 50.4 Å². The monoisotopic (exact) mass is 254 g/mol. The average Bonchev–Trinajstić information content (AvgIpc) is 2.41. The summed E-state index contributed by atoms with van der Waals surface area (Å²) in [6.07, 6.45) is -1.76. The zero-order valence-corrected chi connectivity index (χ0v) is 9.43. The molecule has 3 N–H and O–H groups in total. The lowest BCUT2D eigenvalue weighted by atomic mass is 10.1. The summed E-state index contributed by atoms with van der Waals surface area (Å²) in [5.74, 6) is 0. The molecule has 0 aliphatic heterocycles. The Morgan fingerprint density at radius 1 is 1.29 bits per heavy atom. The van der Waals surface area contributed by atoms with E-state index in [1.165, 1.54) is 0 Å². The van der Waals surface area contributed by atoms with Gasteiger partial charge in [0.15, 0.2) is 0 Å². The third kappa shape index (κ3) is 5.76. The van der Waals surface area contributed by atoms with Crippen molar-refractivity contribution < 1.29 is 22.7 Å². The summed E-state index contributed by atoms with van der Waals surface area (Å²) in [5.41, 5.74) is 5.78. The second kappa shape index (κ2) is 6.09. The van der Waals surface area contributed by atoms with Gasteiger partial charge in [0.1, 0.15) is 12.6 Å². The molecule has 4 nitrogen and oxygen atoms in total. The van der Waals surface area contributed by atoms with Gasteiger partial charge in [0.25, 0.3) is 0 Å². The summed E-state index contributed by atoms with van der Waals surface area (Å²) in [6.45, 7) is -1.38. The average molecular weight is 254 g/mol. The van der Waals surface area contributed by atoms with Crippen LogP contribution in [-0.2, 0) is 4.74 Å². The van der Waals surface area contributed by atoms with E-state index in [9.17, 15) is 18.0 Å².